The number of amides is 2. The number of carboxylic acids is 1. The molecule has 454 valence electrons. The van der Waals surface area contributed by atoms with Gasteiger partial charge in [0, 0.05) is 146 Å². The lowest BCUT2D eigenvalue weighted by Crippen LogP contribution is -2.56. The Bertz CT molecular complexity index is 3470. The molecule has 6 N–H and O–H groups in total. The average Bonchev–Trinajstić information content (AvgIpc) is 2.37. The summed E-state index contributed by atoms with van der Waals surface area (Å²) in [6, 6.07) is 31.7. The molecule has 6 bridgehead atoms. The first-order valence-electron chi connectivity index (χ1n) is 29.4. The monoisotopic (exact) mass is 1210 g/mol. The number of carbonyl (C=O) groups excluding carboxylic acids is 3. The van der Waals surface area contributed by atoms with Crippen LogP contribution < -0.4 is 31.1 Å². The Morgan fingerprint density at radius 2 is 1.06 bits per heavy atom. The molecule has 7 aromatic rings. The molecule has 6 aliphatic heterocycles. The molecule has 0 aliphatic carbocycles. The maximum Gasteiger partial charge on any atom is 0.303 e. The number of anilines is 3. The number of nitriles is 3. The van der Waals surface area contributed by atoms with Crippen molar-refractivity contribution < 1.29 is 29.4 Å². The lowest BCUT2D eigenvalue weighted by atomic mass is 10.1. The third-order valence-corrected chi connectivity index (χ3v) is 17.9. The third kappa shape index (κ3) is 16.5. The van der Waals surface area contributed by atoms with Gasteiger partial charge in [0.15, 0.2) is 6.29 Å². The Morgan fingerprint density at radius 1 is 0.621 bits per heavy atom. The quantitative estimate of drug-likeness (QED) is 0.0580. The van der Waals surface area contributed by atoms with E-state index in [9.17, 15) is 19.2 Å². The molecule has 24 heteroatoms. The largest absolute Gasteiger partial charge is 0.481 e. The van der Waals surface area contributed by atoms with E-state index in [1.807, 2.05) is 76.8 Å². The van der Waals surface area contributed by atoms with Crippen molar-refractivity contribution >= 4 is 84.6 Å². The number of aldehydes is 1. The normalized spacial score (nSPS) is 20.0. The molecule has 0 radical (unpaired) electrons. The molecule has 6 fully saturated rings. The number of piperazine rings is 3. The summed E-state index contributed by atoms with van der Waals surface area (Å²) in [4.78, 5) is 77.7. The number of aliphatic hydroxyl groups excluding tert-OH is 1. The number of fused-ring (bicyclic) bond motifs is 8. The molecule has 5 aromatic heterocycles. The number of aromatic nitrogens is 5. The van der Waals surface area contributed by atoms with Crippen LogP contribution in [0.25, 0.3) is 20.4 Å². The van der Waals surface area contributed by atoms with Crippen molar-refractivity contribution in [3.63, 3.8) is 0 Å². The number of likely N-dealkylation sites (tertiary alicyclic amines) is 2. The van der Waals surface area contributed by atoms with Gasteiger partial charge in [-0.2, -0.15) is 15.8 Å². The van der Waals surface area contributed by atoms with E-state index in [0.29, 0.717) is 85.3 Å². The summed E-state index contributed by atoms with van der Waals surface area (Å²) < 4.78 is 2.19. The number of nitrogens with zero attached hydrogens (tertiary/aromatic N) is 13. The third-order valence-electron chi connectivity index (χ3n) is 16.1. The zero-order chi connectivity index (χ0) is 61.7. The molecule has 6 saturated heterocycles. The Kier molecular flexibility index (Phi) is 23.9. The Morgan fingerprint density at radius 3 is 1.47 bits per heavy atom. The molecule has 22 nitrogen and oxygen atoms in total. The lowest BCUT2D eigenvalue weighted by molar-refractivity contribution is -0.137. The number of pyridine rings is 3. The van der Waals surface area contributed by atoms with E-state index < -0.39 is 5.97 Å². The number of thiazole rings is 2. The topological polar surface area (TPSA) is 311 Å². The number of nitrogens with two attached hydrogens (primary N) is 1. The lowest BCUT2D eigenvalue weighted by Gasteiger charge is -2.41. The summed E-state index contributed by atoms with van der Waals surface area (Å²) >= 11 is 3.15. The highest BCUT2D eigenvalue weighted by Crippen LogP contribution is 2.36. The van der Waals surface area contributed by atoms with Gasteiger partial charge in [0.1, 0.15) is 35.7 Å². The highest BCUT2D eigenvalue weighted by molar-refractivity contribution is 7.17. The first-order valence-corrected chi connectivity index (χ1v) is 31.1. The number of carboxylic acid groups (broad SMARTS) is 1. The summed E-state index contributed by atoms with van der Waals surface area (Å²) in [5.41, 5.74) is 14.8. The molecule has 11 heterocycles. The van der Waals surface area contributed by atoms with E-state index in [4.69, 9.17) is 31.7 Å². The van der Waals surface area contributed by atoms with Crippen molar-refractivity contribution in [3.05, 3.63) is 130 Å². The number of aliphatic hydroxyl groups is 1. The smallest absolute Gasteiger partial charge is 0.303 e. The van der Waals surface area contributed by atoms with Crippen LogP contribution in [0.2, 0.25) is 0 Å². The van der Waals surface area contributed by atoms with Crippen LogP contribution in [0.4, 0.5) is 17.5 Å². The number of carbonyl (C=O) groups is 4. The molecule has 87 heavy (non-hydrogen) atoms. The zero-order valence-electron chi connectivity index (χ0n) is 49.0. The number of rotatable bonds is 13. The summed E-state index contributed by atoms with van der Waals surface area (Å²) in [5.74, 6) is 2.50. The summed E-state index contributed by atoms with van der Waals surface area (Å²) in [6.45, 7) is 8.76. The summed E-state index contributed by atoms with van der Waals surface area (Å²) in [5, 5.41) is 48.4. The maximum absolute atomic E-state index is 12.8. The second-order valence-corrected chi connectivity index (χ2v) is 23.3. The van der Waals surface area contributed by atoms with Crippen molar-refractivity contribution in [3.8, 4) is 18.2 Å². The van der Waals surface area contributed by atoms with Crippen molar-refractivity contribution in [2.75, 3.05) is 74.2 Å². The number of hydrogen-bond acceptors (Lipinski definition) is 21. The van der Waals surface area contributed by atoms with Crippen LogP contribution in [-0.4, -0.2) is 165 Å². The van der Waals surface area contributed by atoms with E-state index >= 15 is 0 Å². The highest BCUT2D eigenvalue weighted by Gasteiger charge is 2.43. The number of nitrogens with one attached hydrogen (secondary N) is 2. The molecular weight excluding hydrogens is 1140 g/mol. The molecule has 0 saturated carbocycles. The van der Waals surface area contributed by atoms with Gasteiger partial charge in [0.2, 0.25) is 11.8 Å². The van der Waals surface area contributed by atoms with E-state index in [0.717, 1.165) is 130 Å². The number of benzene rings is 2. The predicted molar refractivity (Wildman–Crippen MR) is 336 cm³/mol. The van der Waals surface area contributed by atoms with Crippen LogP contribution in [0, 0.1) is 34.0 Å². The maximum atomic E-state index is 12.8. The van der Waals surface area contributed by atoms with Gasteiger partial charge in [-0.15, -0.1) is 22.7 Å². The summed E-state index contributed by atoms with van der Waals surface area (Å²) in [7, 11) is 1.00. The molecular formula is C63H74N16O6S2. The first-order chi connectivity index (χ1) is 42.5. The first kappa shape index (κ1) is 64.5. The fourth-order valence-electron chi connectivity index (χ4n) is 12.1. The van der Waals surface area contributed by atoms with Gasteiger partial charge >= 0.3 is 5.97 Å². The second kappa shape index (κ2) is 32.3. The van der Waals surface area contributed by atoms with Crippen molar-refractivity contribution in [1.82, 2.24) is 45.4 Å². The number of hydrogen-bond donors (Lipinski definition) is 5. The van der Waals surface area contributed by atoms with Gasteiger partial charge in [-0.05, 0) is 99.0 Å². The van der Waals surface area contributed by atoms with Gasteiger partial charge in [-0.1, -0.05) is 31.2 Å². The minimum Gasteiger partial charge on any atom is -0.481 e. The molecule has 0 spiro atoms. The molecule has 2 aromatic carbocycles. The minimum atomic E-state index is -0.711. The van der Waals surface area contributed by atoms with Crippen LogP contribution in [0.1, 0.15) is 104 Å². The van der Waals surface area contributed by atoms with Crippen molar-refractivity contribution in [1.29, 1.82) is 15.8 Å². The van der Waals surface area contributed by atoms with E-state index in [1.54, 1.807) is 47.6 Å². The molecule has 6 aliphatic rings. The van der Waals surface area contributed by atoms with Crippen LogP contribution in [0.15, 0.2) is 102 Å². The fraction of sp³-hybridized carbons (Fsp3) is 0.429. The predicted octanol–water partition coefficient (Wildman–Crippen LogP) is 6.89. The molecule has 2 amide bonds. The minimum absolute atomic E-state index is 0.154. The van der Waals surface area contributed by atoms with Crippen LogP contribution >= 0.6 is 22.7 Å². The zero-order valence-corrected chi connectivity index (χ0v) is 50.7. The highest BCUT2D eigenvalue weighted by atomic mass is 32.1. The second-order valence-electron chi connectivity index (χ2n) is 21.6. The van der Waals surface area contributed by atoms with E-state index in [1.165, 1.54) is 34.4 Å². The van der Waals surface area contributed by atoms with Crippen LogP contribution in [0.5, 0.6) is 0 Å². The Labute approximate surface area is 514 Å². The van der Waals surface area contributed by atoms with Crippen LogP contribution in [-0.2, 0) is 20.9 Å². The van der Waals surface area contributed by atoms with Gasteiger partial charge in [-0.25, -0.2) is 24.9 Å². The van der Waals surface area contributed by atoms with Gasteiger partial charge in [-0.3, -0.25) is 19.2 Å². The van der Waals surface area contributed by atoms with Gasteiger partial charge < -0.3 is 51.1 Å². The SMILES string of the molecule is CCCC(=O)O.CO.N#Cc1ccc(N2C3CCC2CN(C(=O)CCN)C3)nc1.N#Cc1ccc(N2C3CCC2CN(C(=O)CCNCc2cccc4ncsc24)C3)nc1.N#Cc1ccc(N2C3CCC2CNC3)nc1.O=Cc1cccc2ncsc12. The van der Waals surface area contributed by atoms with Gasteiger partial charge in [0.05, 0.1) is 48.1 Å². The Balaban J connectivity index is 0.000000152. The van der Waals surface area contributed by atoms with E-state index in [-0.39, 0.29) is 11.8 Å². The van der Waals surface area contributed by atoms with Crippen molar-refractivity contribution in [2.45, 2.75) is 114 Å². The fourth-order valence-corrected chi connectivity index (χ4v) is 13.7. The van der Waals surface area contributed by atoms with Gasteiger partial charge in [0.25, 0.3) is 0 Å². The Hall–Kier alpha value is -8.54. The summed E-state index contributed by atoms with van der Waals surface area (Å²) in [6.07, 6.45) is 14.5. The number of aliphatic carboxylic acids is 1. The molecule has 13 rings (SSSR count). The standard InChI is InChI=1S/C23H24N6OS.C15H19N5O.C12H14N4.C8H5NOS.C4H8O2.CH4O/c24-10-16-4-7-21(26-11-16)29-18-5-6-19(29)14-28(13-18)22(30)8-9-25-12-17-2-1-3-20-23(17)31-15-27-20;16-6-5-15(21)19-9-12-2-3-13(10-19)20(12)14-4-1-11(7-17)8-18-14;13-5-9-1-4-12(15-6-9)16-10-2-3-11(16)8-14-7-10;10-4-6-2-1-3-7-8(6)11-5-9-7;1-2-3-4(5)6;1-2/h1-4,7,11,15,18-19,25H,5-6,8-9,12-14H2;1,4,8,12-13H,2-3,5-6,9-10,16H2;1,4,6,10-11,14H,2-3,7-8H2;1-5H;2-3H2,1H3,(H,5,6);2H,1H3. The van der Waals surface area contributed by atoms with Crippen molar-refractivity contribution in [2.24, 2.45) is 5.73 Å². The average molecular weight is 1220 g/mol. The van der Waals surface area contributed by atoms with E-state index in [2.05, 4.69) is 74.5 Å². The van der Waals surface area contributed by atoms with Crippen LogP contribution in [0.3, 0.4) is 0 Å². The molecule has 6 unspecified atom stereocenters. The molecule has 6 atom stereocenters.